The lowest BCUT2D eigenvalue weighted by Gasteiger charge is -2.30. The fourth-order valence-electron chi connectivity index (χ4n) is 3.93. The van der Waals surface area contributed by atoms with Crippen LogP contribution in [-0.4, -0.2) is 43.3 Å². The van der Waals surface area contributed by atoms with Crippen molar-refractivity contribution in [1.82, 2.24) is 4.90 Å². The molecule has 0 bridgehead atoms. The average Bonchev–Trinajstić information content (AvgIpc) is 2.77. The number of carbonyl (C=O) groups excluding carboxylic acids is 2. The van der Waals surface area contributed by atoms with Gasteiger partial charge in [-0.25, -0.2) is 4.79 Å². The first-order chi connectivity index (χ1) is 14.7. The predicted molar refractivity (Wildman–Crippen MR) is 122 cm³/mol. The number of likely N-dealkylation sites (tertiary alicyclic amines) is 1. The fraction of sp³-hybridized carbons (Fsp3) is 0.840. The highest BCUT2D eigenvalue weighted by Crippen LogP contribution is 2.19. The molecule has 0 saturated carbocycles. The number of hydrogen-bond acceptors (Lipinski definition) is 4. The lowest BCUT2D eigenvalue weighted by molar-refractivity contribution is -0.150. The first kappa shape index (κ1) is 26.5. The molecule has 0 atom stereocenters. The number of hydrogen-bond donors (Lipinski definition) is 0. The molecule has 0 aromatic heterocycles. The van der Waals surface area contributed by atoms with Crippen molar-refractivity contribution >= 4 is 12.1 Å². The van der Waals surface area contributed by atoms with Crippen molar-refractivity contribution in [3.8, 4) is 0 Å². The smallest absolute Gasteiger partial charge is 0.410 e. The summed E-state index contributed by atoms with van der Waals surface area (Å²) in [5.74, 6) is -0.191. The Kier molecular flexibility index (Phi) is 16.1. The topological polar surface area (TPSA) is 55.8 Å². The molecule has 1 amide bonds. The van der Waals surface area contributed by atoms with E-state index in [2.05, 4.69) is 13.5 Å². The minimum atomic E-state index is -0.325. The molecule has 5 nitrogen and oxygen atoms in total. The van der Waals surface area contributed by atoms with Crippen LogP contribution in [0.15, 0.2) is 12.7 Å². The molecule has 5 heteroatoms. The molecule has 0 N–H and O–H groups in total. The summed E-state index contributed by atoms with van der Waals surface area (Å²) in [6.45, 7) is 7.65. The Morgan fingerprint density at radius 3 is 1.83 bits per heavy atom. The zero-order chi connectivity index (χ0) is 21.9. The third kappa shape index (κ3) is 12.9. The molecule has 0 aromatic rings. The second-order valence-electron chi connectivity index (χ2n) is 8.54. The molecule has 1 fully saturated rings. The van der Waals surface area contributed by atoms with Crippen molar-refractivity contribution < 1.29 is 19.1 Å². The van der Waals surface area contributed by atoms with Crippen molar-refractivity contribution in [3.63, 3.8) is 0 Å². The quantitative estimate of drug-likeness (QED) is 0.149. The molecule has 0 radical (unpaired) electrons. The van der Waals surface area contributed by atoms with E-state index in [9.17, 15) is 9.59 Å². The van der Waals surface area contributed by atoms with Crippen LogP contribution in [-0.2, 0) is 14.3 Å². The number of amides is 1. The van der Waals surface area contributed by atoms with Crippen LogP contribution in [0.1, 0.15) is 103 Å². The van der Waals surface area contributed by atoms with Gasteiger partial charge in [-0.2, -0.15) is 0 Å². The van der Waals surface area contributed by atoms with Gasteiger partial charge in [-0.05, 0) is 19.3 Å². The van der Waals surface area contributed by atoms with Crippen LogP contribution in [0.2, 0.25) is 0 Å². The number of piperidine rings is 1. The van der Waals surface area contributed by atoms with Crippen molar-refractivity contribution in [1.29, 1.82) is 0 Å². The van der Waals surface area contributed by atoms with E-state index in [1.807, 2.05) is 0 Å². The highest BCUT2D eigenvalue weighted by atomic mass is 16.6. The summed E-state index contributed by atoms with van der Waals surface area (Å²) < 4.78 is 10.5. The Labute approximate surface area is 184 Å². The van der Waals surface area contributed by atoms with E-state index in [1.165, 1.54) is 70.6 Å². The maximum atomic E-state index is 12.2. The molecule has 1 heterocycles. The normalized spacial score (nSPS) is 14.5. The first-order valence-corrected chi connectivity index (χ1v) is 12.4. The van der Waals surface area contributed by atoms with Gasteiger partial charge in [0.05, 0.1) is 12.5 Å². The van der Waals surface area contributed by atoms with Gasteiger partial charge in [0.25, 0.3) is 0 Å². The zero-order valence-electron chi connectivity index (χ0n) is 19.4. The van der Waals surface area contributed by atoms with Crippen LogP contribution in [0.3, 0.4) is 0 Å². The van der Waals surface area contributed by atoms with Gasteiger partial charge in [0.2, 0.25) is 0 Å². The molecule has 174 valence electrons. The van der Waals surface area contributed by atoms with Crippen LogP contribution in [0.25, 0.3) is 0 Å². The van der Waals surface area contributed by atoms with Gasteiger partial charge >= 0.3 is 12.1 Å². The Hall–Kier alpha value is -1.52. The molecular weight excluding hydrogens is 378 g/mol. The largest absolute Gasteiger partial charge is 0.465 e. The predicted octanol–water partition coefficient (Wildman–Crippen LogP) is 6.66. The molecule has 0 aliphatic carbocycles. The van der Waals surface area contributed by atoms with Crippen molar-refractivity contribution in [2.75, 3.05) is 26.3 Å². The number of carbonyl (C=O) groups is 2. The van der Waals surface area contributed by atoms with E-state index in [-0.39, 0.29) is 24.6 Å². The minimum Gasteiger partial charge on any atom is -0.465 e. The molecule has 0 aromatic carbocycles. The van der Waals surface area contributed by atoms with Crippen molar-refractivity contribution in [2.45, 2.75) is 103 Å². The maximum Gasteiger partial charge on any atom is 0.410 e. The third-order valence-electron chi connectivity index (χ3n) is 5.90. The molecular formula is C25H45NO4. The van der Waals surface area contributed by atoms with Gasteiger partial charge in [0.1, 0.15) is 6.61 Å². The molecule has 0 unspecified atom stereocenters. The van der Waals surface area contributed by atoms with E-state index in [0.717, 1.165) is 12.8 Å². The second-order valence-corrected chi connectivity index (χ2v) is 8.54. The standard InChI is InChI=1S/C25H45NO4/c1-3-5-6-7-8-9-10-11-12-13-14-15-16-22-29-24(27)23-17-19-26(20-18-23)25(28)30-21-4-2/h4,23H,2-3,5-22H2,1H3. The van der Waals surface area contributed by atoms with Crippen molar-refractivity contribution in [2.24, 2.45) is 5.92 Å². The van der Waals surface area contributed by atoms with Gasteiger partial charge in [0, 0.05) is 13.1 Å². The van der Waals surface area contributed by atoms with Gasteiger partial charge in [-0.15, -0.1) is 0 Å². The van der Waals surface area contributed by atoms with Crippen LogP contribution in [0, 0.1) is 5.92 Å². The number of esters is 1. The van der Waals surface area contributed by atoms with E-state index < -0.39 is 0 Å². The van der Waals surface area contributed by atoms with Gasteiger partial charge in [0.15, 0.2) is 0 Å². The second kappa shape index (κ2) is 18.3. The van der Waals surface area contributed by atoms with E-state index in [1.54, 1.807) is 11.0 Å². The maximum absolute atomic E-state index is 12.2. The molecule has 1 aliphatic rings. The highest BCUT2D eigenvalue weighted by Gasteiger charge is 2.28. The summed E-state index contributed by atoms with van der Waals surface area (Å²) in [5, 5.41) is 0. The van der Waals surface area contributed by atoms with Gasteiger partial charge in [-0.1, -0.05) is 96.6 Å². The highest BCUT2D eigenvalue weighted by molar-refractivity contribution is 5.73. The van der Waals surface area contributed by atoms with Crippen LogP contribution >= 0.6 is 0 Å². The summed E-state index contributed by atoms with van der Waals surface area (Å²) in [7, 11) is 0. The van der Waals surface area contributed by atoms with Crippen LogP contribution in [0.5, 0.6) is 0 Å². The Bertz CT molecular complexity index is 458. The Morgan fingerprint density at radius 1 is 0.833 bits per heavy atom. The Balaban J connectivity index is 1.90. The minimum absolute atomic E-state index is 0.0876. The molecule has 1 saturated heterocycles. The average molecular weight is 424 g/mol. The van der Waals surface area contributed by atoms with E-state index in [4.69, 9.17) is 9.47 Å². The molecule has 30 heavy (non-hydrogen) atoms. The lowest BCUT2D eigenvalue weighted by atomic mass is 9.97. The number of unbranched alkanes of at least 4 members (excludes halogenated alkanes) is 12. The Morgan fingerprint density at radius 2 is 1.33 bits per heavy atom. The number of rotatable bonds is 17. The summed E-state index contributed by atoms with van der Waals surface area (Å²) in [4.78, 5) is 25.6. The molecule has 1 aliphatic heterocycles. The van der Waals surface area contributed by atoms with Gasteiger partial charge < -0.3 is 14.4 Å². The van der Waals surface area contributed by atoms with Crippen LogP contribution < -0.4 is 0 Å². The van der Waals surface area contributed by atoms with Crippen LogP contribution in [0.4, 0.5) is 4.79 Å². The SMILES string of the molecule is C=CCOC(=O)N1CCC(C(=O)OCCCCCCCCCCCCCCC)CC1. The van der Waals surface area contributed by atoms with Crippen molar-refractivity contribution in [3.05, 3.63) is 12.7 Å². The summed E-state index contributed by atoms with van der Waals surface area (Å²) in [6, 6.07) is 0. The summed E-state index contributed by atoms with van der Waals surface area (Å²) >= 11 is 0. The summed E-state index contributed by atoms with van der Waals surface area (Å²) in [6.07, 6.45) is 19.6. The van der Waals surface area contributed by atoms with Gasteiger partial charge in [-0.3, -0.25) is 4.79 Å². The fourth-order valence-corrected chi connectivity index (χ4v) is 3.93. The van der Waals surface area contributed by atoms with E-state index >= 15 is 0 Å². The summed E-state index contributed by atoms with van der Waals surface area (Å²) in [5.41, 5.74) is 0. The molecule has 1 rings (SSSR count). The molecule has 0 spiro atoms. The lowest BCUT2D eigenvalue weighted by Crippen LogP contribution is -2.41. The number of nitrogens with zero attached hydrogens (tertiary/aromatic N) is 1. The van der Waals surface area contributed by atoms with E-state index in [0.29, 0.717) is 32.5 Å². The zero-order valence-corrected chi connectivity index (χ0v) is 19.4. The third-order valence-corrected chi connectivity index (χ3v) is 5.90. The first-order valence-electron chi connectivity index (χ1n) is 12.4. The monoisotopic (exact) mass is 423 g/mol. The number of ether oxygens (including phenoxy) is 2.